The molecule has 1 N–H and O–H groups in total. The third-order valence-electron chi connectivity index (χ3n) is 2.90. The van der Waals surface area contributed by atoms with E-state index < -0.39 is 0 Å². The van der Waals surface area contributed by atoms with Crippen LogP contribution in [0, 0.1) is 0 Å². The number of nitrogens with zero attached hydrogens (tertiary/aromatic N) is 2. The van der Waals surface area contributed by atoms with Crippen LogP contribution in [0.25, 0.3) is 0 Å². The Bertz CT molecular complexity index is 358. The number of Topliss-reactive ketones (excluding diaryl/α,β-unsaturated/α-hetero) is 1. The lowest BCUT2D eigenvalue weighted by Gasteiger charge is -2.07. The molecule has 4 heteroatoms. The maximum Gasteiger partial charge on any atom is 0.137 e. The molecule has 1 aliphatic heterocycles. The van der Waals surface area contributed by atoms with Crippen LogP contribution >= 0.6 is 0 Å². The number of carbonyl (C=O) groups excluding carboxylic acids is 1. The normalized spacial score (nSPS) is 22.1. The Balaban J connectivity index is 2.03. The zero-order valence-electron chi connectivity index (χ0n) is 9.29. The summed E-state index contributed by atoms with van der Waals surface area (Å²) in [6, 6.07) is 0. The number of hydrogen-bond donors (Lipinski definition) is 1. The van der Waals surface area contributed by atoms with Gasteiger partial charge in [-0.2, -0.15) is 0 Å². The van der Waals surface area contributed by atoms with Crippen LogP contribution in [0.4, 0.5) is 0 Å². The van der Waals surface area contributed by atoms with Gasteiger partial charge in [-0.15, -0.1) is 0 Å². The summed E-state index contributed by atoms with van der Waals surface area (Å²) in [5.41, 5.74) is 1.18. The topological polar surface area (TPSA) is 49.0 Å². The SMILES string of the molecule is CC(=O)Cc1ncc(C2CCN(C)C2)[nH]1. The van der Waals surface area contributed by atoms with Gasteiger partial charge in [-0.25, -0.2) is 4.98 Å². The fourth-order valence-electron chi connectivity index (χ4n) is 2.10. The van der Waals surface area contributed by atoms with Crippen LogP contribution in [0.3, 0.4) is 0 Å². The number of H-pyrrole nitrogens is 1. The highest BCUT2D eigenvalue weighted by molar-refractivity contribution is 5.77. The van der Waals surface area contributed by atoms with Crippen LogP contribution in [0.2, 0.25) is 0 Å². The first-order chi connectivity index (χ1) is 7.15. The molecule has 0 saturated carbocycles. The van der Waals surface area contributed by atoms with Crippen molar-refractivity contribution in [2.24, 2.45) is 0 Å². The Morgan fingerprint density at radius 3 is 3.13 bits per heavy atom. The van der Waals surface area contributed by atoms with Crippen molar-refractivity contribution in [1.82, 2.24) is 14.9 Å². The predicted molar refractivity (Wildman–Crippen MR) is 57.8 cm³/mol. The summed E-state index contributed by atoms with van der Waals surface area (Å²) in [6.07, 6.45) is 3.48. The molecule has 1 aromatic heterocycles. The van der Waals surface area contributed by atoms with Crippen LogP contribution in [-0.4, -0.2) is 40.8 Å². The van der Waals surface area contributed by atoms with Crippen molar-refractivity contribution >= 4 is 5.78 Å². The van der Waals surface area contributed by atoms with Gasteiger partial charge in [0.15, 0.2) is 0 Å². The van der Waals surface area contributed by atoms with Gasteiger partial charge in [-0.3, -0.25) is 4.79 Å². The van der Waals surface area contributed by atoms with Crippen LogP contribution in [0.5, 0.6) is 0 Å². The van der Waals surface area contributed by atoms with Crippen molar-refractivity contribution < 1.29 is 4.79 Å². The predicted octanol–water partition coefficient (Wildman–Crippen LogP) is 0.960. The van der Waals surface area contributed by atoms with Crippen molar-refractivity contribution in [2.75, 3.05) is 20.1 Å². The Hall–Kier alpha value is -1.16. The summed E-state index contributed by atoms with van der Waals surface area (Å²) in [4.78, 5) is 20.7. The molecular weight excluding hydrogens is 190 g/mol. The molecule has 0 amide bonds. The molecule has 1 unspecified atom stereocenters. The van der Waals surface area contributed by atoms with Crippen LogP contribution in [0.1, 0.15) is 30.8 Å². The van der Waals surface area contributed by atoms with Crippen molar-refractivity contribution in [2.45, 2.75) is 25.7 Å². The largest absolute Gasteiger partial charge is 0.345 e. The summed E-state index contributed by atoms with van der Waals surface area (Å²) < 4.78 is 0. The minimum absolute atomic E-state index is 0.152. The molecule has 0 bridgehead atoms. The molecule has 0 aliphatic carbocycles. The third kappa shape index (κ3) is 2.45. The molecule has 2 heterocycles. The first kappa shape index (κ1) is 10.4. The molecule has 2 rings (SSSR count). The van der Waals surface area contributed by atoms with E-state index in [1.807, 2.05) is 6.20 Å². The Labute approximate surface area is 89.7 Å². The van der Waals surface area contributed by atoms with Gasteiger partial charge in [0.1, 0.15) is 11.6 Å². The monoisotopic (exact) mass is 207 g/mol. The molecule has 1 saturated heterocycles. The smallest absolute Gasteiger partial charge is 0.137 e. The van der Waals surface area contributed by atoms with E-state index in [2.05, 4.69) is 21.9 Å². The minimum Gasteiger partial charge on any atom is -0.345 e. The molecule has 1 aliphatic rings. The molecule has 15 heavy (non-hydrogen) atoms. The van der Waals surface area contributed by atoms with E-state index in [4.69, 9.17) is 0 Å². The zero-order valence-corrected chi connectivity index (χ0v) is 9.29. The lowest BCUT2D eigenvalue weighted by Crippen LogP contribution is -2.13. The number of hydrogen-bond acceptors (Lipinski definition) is 3. The third-order valence-corrected chi connectivity index (χ3v) is 2.90. The summed E-state index contributed by atoms with van der Waals surface area (Å²) in [5.74, 6) is 1.51. The average Bonchev–Trinajstić information content (AvgIpc) is 2.72. The van der Waals surface area contributed by atoms with E-state index in [9.17, 15) is 4.79 Å². The van der Waals surface area contributed by atoms with Gasteiger partial charge in [0, 0.05) is 24.4 Å². The highest BCUT2D eigenvalue weighted by atomic mass is 16.1. The lowest BCUT2D eigenvalue weighted by atomic mass is 10.1. The fraction of sp³-hybridized carbons (Fsp3) is 0.636. The van der Waals surface area contributed by atoms with Crippen LogP contribution in [0.15, 0.2) is 6.20 Å². The van der Waals surface area contributed by atoms with Crippen molar-refractivity contribution in [3.05, 3.63) is 17.7 Å². The standard InChI is InChI=1S/C11H17N3O/c1-8(15)5-11-12-6-10(13-11)9-3-4-14(2)7-9/h6,9H,3-5,7H2,1-2H3,(H,12,13). The number of ketones is 1. The number of aromatic nitrogens is 2. The van der Waals surface area contributed by atoms with Crippen molar-refractivity contribution in [3.8, 4) is 0 Å². The molecule has 1 fully saturated rings. The van der Waals surface area contributed by atoms with Crippen molar-refractivity contribution in [3.63, 3.8) is 0 Å². The number of nitrogens with one attached hydrogen (secondary N) is 1. The van der Waals surface area contributed by atoms with E-state index in [1.54, 1.807) is 6.92 Å². The van der Waals surface area contributed by atoms with Gasteiger partial charge in [-0.05, 0) is 26.9 Å². The molecule has 82 valence electrons. The number of carbonyl (C=O) groups is 1. The first-order valence-corrected chi connectivity index (χ1v) is 5.37. The number of rotatable bonds is 3. The molecule has 1 aromatic rings. The van der Waals surface area contributed by atoms with Gasteiger partial charge in [0.25, 0.3) is 0 Å². The minimum atomic E-state index is 0.152. The maximum absolute atomic E-state index is 10.9. The molecule has 4 nitrogen and oxygen atoms in total. The second-order valence-corrected chi connectivity index (χ2v) is 4.41. The van der Waals surface area contributed by atoms with Gasteiger partial charge in [0.2, 0.25) is 0 Å². The molecule has 0 aromatic carbocycles. The Morgan fingerprint density at radius 1 is 1.73 bits per heavy atom. The van der Waals surface area contributed by atoms with E-state index in [-0.39, 0.29) is 5.78 Å². The maximum atomic E-state index is 10.9. The number of aromatic amines is 1. The summed E-state index contributed by atoms with van der Waals surface area (Å²) in [6.45, 7) is 3.82. The van der Waals surface area contributed by atoms with Crippen molar-refractivity contribution in [1.29, 1.82) is 0 Å². The summed E-state index contributed by atoms with van der Waals surface area (Å²) in [5, 5.41) is 0. The van der Waals surface area contributed by atoms with E-state index >= 15 is 0 Å². The van der Waals surface area contributed by atoms with Gasteiger partial charge in [-0.1, -0.05) is 0 Å². The Kier molecular flexibility index (Phi) is 2.86. The fourth-order valence-corrected chi connectivity index (χ4v) is 2.10. The highest BCUT2D eigenvalue weighted by Gasteiger charge is 2.22. The second-order valence-electron chi connectivity index (χ2n) is 4.41. The molecule has 0 radical (unpaired) electrons. The summed E-state index contributed by atoms with van der Waals surface area (Å²) in [7, 11) is 2.13. The molecule has 1 atom stereocenters. The van der Waals surface area contributed by atoms with Crippen LogP contribution in [-0.2, 0) is 11.2 Å². The number of likely N-dealkylation sites (N-methyl/N-ethyl adjacent to an activating group) is 1. The second kappa shape index (κ2) is 4.14. The quantitative estimate of drug-likeness (QED) is 0.803. The van der Waals surface area contributed by atoms with E-state index in [1.165, 1.54) is 12.1 Å². The van der Waals surface area contributed by atoms with Gasteiger partial charge >= 0.3 is 0 Å². The number of likely N-dealkylation sites (tertiary alicyclic amines) is 1. The summed E-state index contributed by atoms with van der Waals surface area (Å²) >= 11 is 0. The van der Waals surface area contributed by atoms with Gasteiger partial charge < -0.3 is 9.88 Å². The van der Waals surface area contributed by atoms with E-state index in [0.717, 1.165) is 18.9 Å². The van der Waals surface area contributed by atoms with Crippen LogP contribution < -0.4 is 0 Å². The molecule has 0 spiro atoms. The van der Waals surface area contributed by atoms with Gasteiger partial charge in [0.05, 0.1) is 6.42 Å². The number of imidazole rings is 1. The zero-order chi connectivity index (χ0) is 10.8. The van der Waals surface area contributed by atoms with E-state index in [0.29, 0.717) is 12.3 Å². The molecular formula is C11H17N3O. The highest BCUT2D eigenvalue weighted by Crippen LogP contribution is 2.24. The Morgan fingerprint density at radius 2 is 2.53 bits per heavy atom. The lowest BCUT2D eigenvalue weighted by molar-refractivity contribution is -0.116. The first-order valence-electron chi connectivity index (χ1n) is 5.37. The average molecular weight is 207 g/mol.